The Balaban J connectivity index is 1.41. The number of amides is 1. The summed E-state index contributed by atoms with van der Waals surface area (Å²) in [5, 5.41) is 40.3. The number of nitrogens with zero attached hydrogens (tertiary/aromatic N) is 6. The number of aliphatic hydroxyl groups is 2. The molecule has 3 N–H and O–H groups in total. The molecule has 49 heavy (non-hydrogen) atoms. The predicted molar refractivity (Wildman–Crippen MR) is 184 cm³/mol. The third-order valence-electron chi connectivity index (χ3n) is 8.08. The Morgan fingerprint density at radius 3 is 1.63 bits per heavy atom. The largest absolute Gasteiger partial charge is 0.494 e. The molecular weight excluding hydrogens is 626 g/mol. The molecule has 13 heteroatoms. The topological polar surface area (TPSA) is 159 Å². The van der Waals surface area contributed by atoms with Crippen molar-refractivity contribution in [2.45, 2.75) is 110 Å². The lowest BCUT2D eigenvalue weighted by Gasteiger charge is -2.23. The van der Waals surface area contributed by atoms with E-state index >= 15 is 0 Å². The Kier molecular flexibility index (Phi) is 12.6. The number of carbonyl (C=O) groups is 1. The van der Waals surface area contributed by atoms with Gasteiger partial charge in [0, 0.05) is 11.1 Å². The number of aromatic nitrogens is 6. The van der Waals surface area contributed by atoms with Crippen molar-refractivity contribution in [1.82, 2.24) is 35.3 Å². The summed E-state index contributed by atoms with van der Waals surface area (Å²) in [5.41, 5.74) is 3.53. The van der Waals surface area contributed by atoms with Gasteiger partial charge in [0.25, 0.3) is 0 Å². The number of aliphatic hydroxyl groups excluding tert-OH is 2. The molecule has 0 fully saturated rings. The first-order valence-corrected chi connectivity index (χ1v) is 17.2. The van der Waals surface area contributed by atoms with Crippen LogP contribution in [0.3, 0.4) is 0 Å². The summed E-state index contributed by atoms with van der Waals surface area (Å²) < 4.78 is 21.0. The monoisotopic (exact) mass is 675 g/mol. The third kappa shape index (κ3) is 11.3. The second-order valence-electron chi connectivity index (χ2n) is 13.6. The van der Waals surface area contributed by atoms with E-state index in [-0.39, 0.29) is 26.3 Å². The van der Waals surface area contributed by atoms with Crippen LogP contribution in [0.25, 0.3) is 22.5 Å². The lowest BCUT2D eigenvalue weighted by atomic mass is 10.1. The van der Waals surface area contributed by atoms with E-state index in [1.807, 2.05) is 57.2 Å². The zero-order chi connectivity index (χ0) is 34.6. The summed E-state index contributed by atoms with van der Waals surface area (Å²) in [7, 11) is 0. The fourth-order valence-corrected chi connectivity index (χ4v) is 5.73. The SMILES string of the molecule is CC(C)(C)OC(=O)NC1Cn2cc(nn2)-c2cc(CO)cc(c2)OCCCCCCCCCCOc2cc(CO)cc(c2)-c2cn(nn2)C1. The number of alkyl carbamates (subject to hydrolysis) is 1. The lowest BCUT2D eigenvalue weighted by Crippen LogP contribution is -2.43. The molecule has 4 aromatic rings. The maximum absolute atomic E-state index is 12.9. The summed E-state index contributed by atoms with van der Waals surface area (Å²) in [5.74, 6) is 1.36. The third-order valence-corrected chi connectivity index (χ3v) is 8.08. The van der Waals surface area contributed by atoms with Gasteiger partial charge in [0.15, 0.2) is 0 Å². The molecule has 1 aliphatic heterocycles. The van der Waals surface area contributed by atoms with Crippen LogP contribution in [0.5, 0.6) is 11.5 Å². The van der Waals surface area contributed by atoms with Gasteiger partial charge in [0.1, 0.15) is 28.5 Å². The average Bonchev–Trinajstić information content (AvgIpc) is 3.73. The zero-order valence-electron chi connectivity index (χ0n) is 28.8. The van der Waals surface area contributed by atoms with Crippen molar-refractivity contribution >= 4 is 6.09 Å². The summed E-state index contributed by atoms with van der Waals surface area (Å²) in [6, 6.07) is 10.8. The van der Waals surface area contributed by atoms with E-state index in [1.54, 1.807) is 21.8 Å². The first-order chi connectivity index (χ1) is 23.7. The Bertz CT molecular complexity index is 1540. The molecule has 0 aliphatic carbocycles. The van der Waals surface area contributed by atoms with Gasteiger partial charge < -0.3 is 29.7 Å². The minimum Gasteiger partial charge on any atom is -0.494 e. The number of ether oxygens (including phenoxy) is 3. The molecular formula is C36H49N7O6. The van der Waals surface area contributed by atoms with Gasteiger partial charge in [0.2, 0.25) is 0 Å². The molecule has 8 bridgehead atoms. The van der Waals surface area contributed by atoms with E-state index in [9.17, 15) is 15.0 Å². The Morgan fingerprint density at radius 1 is 0.755 bits per heavy atom. The van der Waals surface area contributed by atoms with Crippen LogP contribution in [0, 0.1) is 0 Å². The number of fused-ring (bicyclic) bond motifs is 10. The molecule has 0 unspecified atom stereocenters. The van der Waals surface area contributed by atoms with E-state index in [2.05, 4.69) is 25.9 Å². The minimum atomic E-state index is -0.680. The van der Waals surface area contributed by atoms with Crippen molar-refractivity contribution in [1.29, 1.82) is 0 Å². The van der Waals surface area contributed by atoms with E-state index in [1.165, 1.54) is 12.8 Å². The van der Waals surface area contributed by atoms with Crippen LogP contribution in [-0.2, 0) is 31.0 Å². The fourth-order valence-electron chi connectivity index (χ4n) is 5.73. The van der Waals surface area contributed by atoms with Gasteiger partial charge >= 0.3 is 6.09 Å². The van der Waals surface area contributed by atoms with Crippen molar-refractivity contribution in [2.75, 3.05) is 13.2 Å². The fraction of sp³-hybridized carbons (Fsp3) is 0.528. The van der Waals surface area contributed by atoms with Crippen LogP contribution in [0.4, 0.5) is 4.79 Å². The zero-order valence-corrected chi connectivity index (χ0v) is 28.8. The van der Waals surface area contributed by atoms with Crippen molar-refractivity contribution in [2.24, 2.45) is 0 Å². The minimum absolute atomic E-state index is 0.127. The molecule has 0 radical (unpaired) electrons. The van der Waals surface area contributed by atoms with Crippen molar-refractivity contribution in [3.63, 3.8) is 0 Å². The summed E-state index contributed by atoms with van der Waals surface area (Å²) >= 11 is 0. The predicted octanol–water partition coefficient (Wildman–Crippen LogP) is 5.67. The lowest BCUT2D eigenvalue weighted by molar-refractivity contribution is 0.0491. The van der Waals surface area contributed by atoms with Gasteiger partial charge in [-0.25, -0.2) is 14.2 Å². The second-order valence-corrected chi connectivity index (χ2v) is 13.6. The smallest absolute Gasteiger partial charge is 0.407 e. The normalized spacial score (nSPS) is 15.8. The quantitative estimate of drug-likeness (QED) is 0.247. The molecule has 2 aromatic carbocycles. The molecule has 3 heterocycles. The van der Waals surface area contributed by atoms with Crippen LogP contribution < -0.4 is 14.8 Å². The molecule has 0 saturated heterocycles. The molecule has 0 atom stereocenters. The Morgan fingerprint density at radius 2 is 1.20 bits per heavy atom. The molecule has 0 saturated carbocycles. The Labute approximate surface area is 287 Å². The summed E-state index contributed by atoms with van der Waals surface area (Å²) in [6.07, 6.45) is 11.8. The molecule has 13 nitrogen and oxygen atoms in total. The highest BCUT2D eigenvalue weighted by molar-refractivity contribution is 5.68. The van der Waals surface area contributed by atoms with Gasteiger partial charge in [-0.15, -0.1) is 10.2 Å². The molecule has 1 aliphatic rings. The van der Waals surface area contributed by atoms with Gasteiger partial charge in [0.05, 0.1) is 58.0 Å². The molecule has 2 aromatic heterocycles. The Hall–Kier alpha value is -4.49. The average molecular weight is 676 g/mol. The standard InChI is InChI=1S/C36H49N7O6/c1-36(2,3)49-35(46)37-30-20-42-22-33(38-40-42)28-14-26(24-44)16-31(18-28)47-12-10-8-6-4-5-7-9-11-13-48-32-17-27(25-45)15-29(19-32)34-23-43(21-30)41-39-34/h14-19,22-23,30,44-45H,4-13,20-21,24-25H2,1-3H3,(H,37,46). The van der Waals surface area contributed by atoms with Gasteiger partial charge in [-0.2, -0.15) is 0 Å². The molecule has 5 rings (SSSR count). The maximum Gasteiger partial charge on any atom is 0.407 e. The van der Waals surface area contributed by atoms with Crippen LogP contribution in [0.1, 0.15) is 83.3 Å². The maximum atomic E-state index is 12.9. The number of hydrogen-bond acceptors (Lipinski definition) is 10. The van der Waals surface area contributed by atoms with E-state index < -0.39 is 17.7 Å². The molecule has 1 amide bonds. The van der Waals surface area contributed by atoms with E-state index in [0.717, 1.165) is 60.8 Å². The van der Waals surface area contributed by atoms with E-state index in [4.69, 9.17) is 14.2 Å². The first-order valence-electron chi connectivity index (χ1n) is 17.2. The van der Waals surface area contributed by atoms with Gasteiger partial charge in [-0.1, -0.05) is 49.0 Å². The van der Waals surface area contributed by atoms with Crippen molar-refractivity contribution < 1.29 is 29.2 Å². The van der Waals surface area contributed by atoms with E-state index in [0.29, 0.717) is 36.1 Å². The highest BCUT2D eigenvalue weighted by Gasteiger charge is 2.22. The number of carbonyl (C=O) groups excluding carboxylic acids is 1. The molecule has 0 spiro atoms. The van der Waals surface area contributed by atoms with Gasteiger partial charge in [-0.05, 0) is 81.1 Å². The van der Waals surface area contributed by atoms with Crippen LogP contribution in [0.15, 0.2) is 48.8 Å². The highest BCUT2D eigenvalue weighted by atomic mass is 16.6. The number of benzene rings is 2. The summed E-state index contributed by atoms with van der Waals surface area (Å²) in [4.78, 5) is 12.9. The summed E-state index contributed by atoms with van der Waals surface area (Å²) in [6.45, 7) is 6.90. The second kappa shape index (κ2) is 17.3. The van der Waals surface area contributed by atoms with Crippen molar-refractivity contribution in [3.05, 3.63) is 59.9 Å². The van der Waals surface area contributed by atoms with Crippen LogP contribution in [0.2, 0.25) is 0 Å². The van der Waals surface area contributed by atoms with Crippen LogP contribution in [-0.4, -0.2) is 71.2 Å². The van der Waals surface area contributed by atoms with Gasteiger partial charge in [-0.3, -0.25) is 0 Å². The highest BCUT2D eigenvalue weighted by Crippen LogP contribution is 2.27. The number of rotatable bonds is 3. The number of hydrogen-bond donors (Lipinski definition) is 3. The van der Waals surface area contributed by atoms with Crippen molar-refractivity contribution in [3.8, 4) is 34.0 Å². The first kappa shape index (κ1) is 35.8. The number of nitrogens with one attached hydrogen (secondary N) is 1. The molecule has 264 valence electrons. The van der Waals surface area contributed by atoms with Crippen LogP contribution >= 0.6 is 0 Å².